The number of fused-ring (bicyclic) bond motifs is 1. The summed E-state index contributed by atoms with van der Waals surface area (Å²) in [7, 11) is 0. The second-order valence-corrected chi connectivity index (χ2v) is 8.83. The molecule has 1 amide bonds. The lowest BCUT2D eigenvalue weighted by molar-refractivity contribution is -0.117. The summed E-state index contributed by atoms with van der Waals surface area (Å²) in [6.45, 7) is 11.5. The molecule has 1 aliphatic rings. The summed E-state index contributed by atoms with van der Waals surface area (Å²) in [5.41, 5.74) is 3.74. The van der Waals surface area contributed by atoms with Crippen molar-refractivity contribution in [2.75, 3.05) is 16.8 Å². The Kier molecular flexibility index (Phi) is 5.64. The monoisotopic (exact) mass is 384 g/mol. The molecule has 1 atom stereocenters. The Hall–Kier alpha value is -2.56. The first-order chi connectivity index (χ1) is 13.1. The van der Waals surface area contributed by atoms with Crippen LogP contribution in [-0.4, -0.2) is 18.6 Å². The quantitative estimate of drug-likeness (QED) is 0.778. The van der Waals surface area contributed by atoms with Crippen molar-refractivity contribution < 1.29 is 13.9 Å². The van der Waals surface area contributed by atoms with Crippen LogP contribution in [0.2, 0.25) is 0 Å². The number of nitrogens with one attached hydrogen (secondary N) is 1. The molecule has 0 bridgehead atoms. The highest BCUT2D eigenvalue weighted by atomic mass is 19.1. The minimum Gasteiger partial charge on any atom is -0.489 e. The molecule has 0 saturated heterocycles. The third-order valence-electron chi connectivity index (χ3n) is 4.86. The normalized spacial score (nSPS) is 16.4. The molecule has 2 aromatic rings. The second-order valence-electron chi connectivity index (χ2n) is 8.83. The number of amides is 1. The van der Waals surface area contributed by atoms with E-state index in [1.54, 1.807) is 0 Å². The SMILES string of the molecule is Cc1cc2c(cc1NC(=O)CC(C)(C)C)OC[C@@H](C)N2Cc1ccc(F)cc1. The van der Waals surface area contributed by atoms with Crippen molar-refractivity contribution in [1.82, 2.24) is 0 Å². The van der Waals surface area contributed by atoms with E-state index in [-0.39, 0.29) is 23.2 Å². The van der Waals surface area contributed by atoms with Crippen LogP contribution in [0.15, 0.2) is 36.4 Å². The lowest BCUT2D eigenvalue weighted by Crippen LogP contribution is -2.40. The maximum atomic E-state index is 13.2. The van der Waals surface area contributed by atoms with Gasteiger partial charge in [0.15, 0.2) is 0 Å². The number of carbonyl (C=O) groups excluding carboxylic acids is 1. The molecular formula is C23H29FN2O2. The Balaban J connectivity index is 1.84. The van der Waals surface area contributed by atoms with Gasteiger partial charge in [0.05, 0.1) is 11.7 Å². The van der Waals surface area contributed by atoms with Crippen LogP contribution in [0.1, 0.15) is 45.2 Å². The van der Waals surface area contributed by atoms with E-state index in [9.17, 15) is 9.18 Å². The van der Waals surface area contributed by atoms with Gasteiger partial charge in [0.1, 0.15) is 18.2 Å². The summed E-state index contributed by atoms with van der Waals surface area (Å²) >= 11 is 0. The highest BCUT2D eigenvalue weighted by molar-refractivity contribution is 5.92. The van der Waals surface area contributed by atoms with Gasteiger partial charge < -0.3 is 15.0 Å². The first kappa shape index (κ1) is 20.2. The Morgan fingerprint density at radius 2 is 1.93 bits per heavy atom. The van der Waals surface area contributed by atoms with Gasteiger partial charge in [-0.05, 0) is 48.6 Å². The summed E-state index contributed by atoms with van der Waals surface area (Å²) in [5, 5.41) is 3.02. The summed E-state index contributed by atoms with van der Waals surface area (Å²) in [6, 6.07) is 10.8. The van der Waals surface area contributed by atoms with Crippen molar-refractivity contribution in [1.29, 1.82) is 0 Å². The zero-order chi connectivity index (χ0) is 20.5. The number of hydrogen-bond acceptors (Lipinski definition) is 3. The van der Waals surface area contributed by atoms with Crippen LogP contribution >= 0.6 is 0 Å². The van der Waals surface area contributed by atoms with Crippen molar-refractivity contribution in [2.45, 2.75) is 53.6 Å². The van der Waals surface area contributed by atoms with Gasteiger partial charge in [-0.1, -0.05) is 32.9 Å². The molecule has 150 valence electrons. The third-order valence-corrected chi connectivity index (χ3v) is 4.86. The van der Waals surface area contributed by atoms with Gasteiger partial charge in [0, 0.05) is 24.7 Å². The third kappa shape index (κ3) is 4.83. The Labute approximate surface area is 166 Å². The van der Waals surface area contributed by atoms with Crippen LogP contribution in [-0.2, 0) is 11.3 Å². The van der Waals surface area contributed by atoms with Crippen molar-refractivity contribution in [3.05, 3.63) is 53.3 Å². The van der Waals surface area contributed by atoms with Crippen molar-refractivity contribution in [3.8, 4) is 5.75 Å². The molecule has 1 N–H and O–H groups in total. The second kappa shape index (κ2) is 7.82. The van der Waals surface area contributed by atoms with Crippen LogP contribution in [0.3, 0.4) is 0 Å². The van der Waals surface area contributed by atoms with E-state index in [4.69, 9.17) is 4.74 Å². The molecule has 3 rings (SSSR count). The maximum Gasteiger partial charge on any atom is 0.224 e. The molecule has 2 aromatic carbocycles. The van der Waals surface area contributed by atoms with Crippen LogP contribution in [0.5, 0.6) is 5.75 Å². The van der Waals surface area contributed by atoms with E-state index < -0.39 is 0 Å². The lowest BCUT2D eigenvalue weighted by Gasteiger charge is -2.37. The smallest absolute Gasteiger partial charge is 0.224 e. The highest BCUT2D eigenvalue weighted by Gasteiger charge is 2.26. The number of hydrogen-bond donors (Lipinski definition) is 1. The van der Waals surface area contributed by atoms with E-state index >= 15 is 0 Å². The van der Waals surface area contributed by atoms with E-state index in [0.717, 1.165) is 28.3 Å². The number of ether oxygens (including phenoxy) is 1. The van der Waals surface area contributed by atoms with E-state index in [0.29, 0.717) is 19.6 Å². The average molecular weight is 384 g/mol. The van der Waals surface area contributed by atoms with Crippen LogP contribution < -0.4 is 15.0 Å². The molecule has 1 heterocycles. The topological polar surface area (TPSA) is 41.6 Å². The van der Waals surface area contributed by atoms with Crippen molar-refractivity contribution in [2.24, 2.45) is 5.41 Å². The maximum absolute atomic E-state index is 13.2. The average Bonchev–Trinajstić information content (AvgIpc) is 2.59. The predicted molar refractivity (Wildman–Crippen MR) is 111 cm³/mol. The Morgan fingerprint density at radius 3 is 2.57 bits per heavy atom. The minimum absolute atomic E-state index is 0.00268. The number of rotatable bonds is 4. The van der Waals surface area contributed by atoms with E-state index in [1.165, 1.54) is 12.1 Å². The summed E-state index contributed by atoms with van der Waals surface area (Å²) in [4.78, 5) is 14.6. The molecule has 5 heteroatoms. The Morgan fingerprint density at radius 1 is 1.25 bits per heavy atom. The fourth-order valence-corrected chi connectivity index (χ4v) is 3.39. The first-order valence-electron chi connectivity index (χ1n) is 9.71. The Bertz CT molecular complexity index is 856. The molecule has 0 fully saturated rings. The fourth-order valence-electron chi connectivity index (χ4n) is 3.39. The summed E-state index contributed by atoms with van der Waals surface area (Å²) in [6.07, 6.45) is 0.456. The van der Waals surface area contributed by atoms with Crippen LogP contribution in [0.4, 0.5) is 15.8 Å². The molecule has 0 radical (unpaired) electrons. The number of anilines is 2. The number of carbonyl (C=O) groups is 1. The molecule has 28 heavy (non-hydrogen) atoms. The van der Waals surface area contributed by atoms with Gasteiger partial charge in [-0.25, -0.2) is 4.39 Å². The molecule has 0 saturated carbocycles. The van der Waals surface area contributed by atoms with Gasteiger partial charge >= 0.3 is 0 Å². The number of nitrogens with zero attached hydrogens (tertiary/aromatic N) is 1. The molecule has 0 aliphatic carbocycles. The minimum atomic E-state index is -0.231. The van der Waals surface area contributed by atoms with Crippen molar-refractivity contribution >= 4 is 17.3 Å². The fraction of sp³-hybridized carbons (Fsp3) is 0.435. The van der Waals surface area contributed by atoms with Gasteiger partial charge in [0.25, 0.3) is 0 Å². The summed E-state index contributed by atoms with van der Waals surface area (Å²) < 4.78 is 19.2. The standard InChI is InChI=1S/C23H29FN2O2/c1-15-10-20-21(11-19(15)25-22(27)12-23(3,4)5)28-14-16(2)26(20)13-17-6-8-18(24)9-7-17/h6-11,16H,12-14H2,1-5H3,(H,25,27)/t16-/m1/s1. The predicted octanol–water partition coefficient (Wildman–Crippen LogP) is 5.30. The zero-order valence-electron chi connectivity index (χ0n) is 17.3. The molecular weight excluding hydrogens is 355 g/mol. The highest BCUT2D eigenvalue weighted by Crippen LogP contribution is 2.39. The molecule has 0 aromatic heterocycles. The van der Waals surface area contributed by atoms with Gasteiger partial charge in [-0.2, -0.15) is 0 Å². The number of benzene rings is 2. The van der Waals surface area contributed by atoms with E-state index in [2.05, 4.69) is 23.2 Å². The van der Waals surface area contributed by atoms with Gasteiger partial charge in [-0.15, -0.1) is 0 Å². The van der Waals surface area contributed by atoms with Crippen LogP contribution in [0.25, 0.3) is 0 Å². The molecule has 0 unspecified atom stereocenters. The summed E-state index contributed by atoms with van der Waals surface area (Å²) in [5.74, 6) is 0.533. The van der Waals surface area contributed by atoms with E-state index in [1.807, 2.05) is 45.9 Å². The largest absolute Gasteiger partial charge is 0.489 e. The van der Waals surface area contributed by atoms with Gasteiger partial charge in [-0.3, -0.25) is 4.79 Å². The zero-order valence-corrected chi connectivity index (χ0v) is 17.3. The number of halogens is 1. The molecule has 1 aliphatic heterocycles. The number of aryl methyl sites for hydroxylation is 1. The van der Waals surface area contributed by atoms with Gasteiger partial charge in [0.2, 0.25) is 5.91 Å². The van der Waals surface area contributed by atoms with Crippen LogP contribution in [0, 0.1) is 18.2 Å². The lowest BCUT2D eigenvalue weighted by atomic mass is 9.92. The molecule has 4 nitrogen and oxygen atoms in total. The first-order valence-corrected chi connectivity index (χ1v) is 9.71. The molecule has 0 spiro atoms. The van der Waals surface area contributed by atoms with Crippen molar-refractivity contribution in [3.63, 3.8) is 0 Å².